The van der Waals surface area contributed by atoms with Crippen LogP contribution in [0, 0.1) is 5.41 Å². The zero-order valence-electron chi connectivity index (χ0n) is 14.2. The van der Waals surface area contributed by atoms with E-state index in [0.29, 0.717) is 51.1 Å². The molecule has 1 unspecified atom stereocenters. The molecule has 1 aromatic heterocycles. The fourth-order valence-corrected chi connectivity index (χ4v) is 3.86. The Kier molecular flexibility index (Phi) is 5.17. The first-order chi connectivity index (χ1) is 12.0. The summed E-state index contributed by atoms with van der Waals surface area (Å²) in [6.45, 7) is 2.08. The summed E-state index contributed by atoms with van der Waals surface area (Å²) in [7, 11) is 0. The van der Waals surface area contributed by atoms with Crippen LogP contribution in [0.4, 0.5) is 0 Å². The van der Waals surface area contributed by atoms with Gasteiger partial charge in [0.25, 0.3) is 5.56 Å². The molecule has 2 aliphatic rings. The van der Waals surface area contributed by atoms with Crippen LogP contribution in [0.2, 0.25) is 0 Å². The lowest BCUT2D eigenvalue weighted by molar-refractivity contribution is -0.146. The number of aryl methyl sites for hydroxylation is 1. The third-order valence-electron chi connectivity index (χ3n) is 5.23. The quantitative estimate of drug-likeness (QED) is 0.749. The number of H-pyrrole nitrogens is 1. The Bertz CT molecular complexity index is 682. The fourth-order valence-electron chi connectivity index (χ4n) is 3.86. The summed E-state index contributed by atoms with van der Waals surface area (Å²) in [6.07, 6.45) is 3.18. The van der Waals surface area contributed by atoms with Gasteiger partial charge >= 0.3 is 0 Å². The van der Waals surface area contributed by atoms with Crippen LogP contribution < -0.4 is 5.56 Å². The molecule has 8 heteroatoms. The van der Waals surface area contributed by atoms with Gasteiger partial charge in [-0.25, -0.2) is 5.10 Å². The van der Waals surface area contributed by atoms with Gasteiger partial charge in [0.1, 0.15) is 0 Å². The second kappa shape index (κ2) is 7.35. The summed E-state index contributed by atoms with van der Waals surface area (Å²) in [4.78, 5) is 39.7. The van der Waals surface area contributed by atoms with Crippen LogP contribution in [0.25, 0.3) is 0 Å². The first kappa shape index (κ1) is 17.6. The lowest BCUT2D eigenvalue weighted by Gasteiger charge is -2.39. The number of likely N-dealkylation sites (tertiary alicyclic amines) is 2. The molecule has 2 fully saturated rings. The number of rotatable bonds is 5. The zero-order chi connectivity index (χ0) is 17.9. The van der Waals surface area contributed by atoms with E-state index in [1.54, 1.807) is 15.9 Å². The highest BCUT2D eigenvalue weighted by atomic mass is 16.3. The van der Waals surface area contributed by atoms with Gasteiger partial charge in [0, 0.05) is 45.1 Å². The van der Waals surface area contributed by atoms with E-state index in [-0.39, 0.29) is 24.0 Å². The van der Waals surface area contributed by atoms with Gasteiger partial charge in [0.2, 0.25) is 11.8 Å². The van der Waals surface area contributed by atoms with Crippen LogP contribution in [0.3, 0.4) is 0 Å². The minimum atomic E-state index is -0.473. The van der Waals surface area contributed by atoms with Gasteiger partial charge in [0.15, 0.2) is 0 Å². The second-order valence-electron chi connectivity index (χ2n) is 6.88. The van der Waals surface area contributed by atoms with Gasteiger partial charge in [-0.2, -0.15) is 5.10 Å². The van der Waals surface area contributed by atoms with Gasteiger partial charge in [-0.3, -0.25) is 14.4 Å². The Morgan fingerprint density at radius 2 is 2.12 bits per heavy atom. The minimum absolute atomic E-state index is 0.0111. The molecule has 2 saturated heterocycles. The zero-order valence-corrected chi connectivity index (χ0v) is 14.2. The Labute approximate surface area is 145 Å². The molecule has 0 aromatic carbocycles. The predicted octanol–water partition coefficient (Wildman–Crippen LogP) is -0.464. The van der Waals surface area contributed by atoms with Crippen molar-refractivity contribution in [3.8, 4) is 0 Å². The van der Waals surface area contributed by atoms with Crippen LogP contribution in [0.5, 0.6) is 0 Å². The number of carbonyl (C=O) groups excluding carboxylic acids is 2. The summed E-state index contributed by atoms with van der Waals surface area (Å²) < 4.78 is 0. The van der Waals surface area contributed by atoms with Crippen molar-refractivity contribution < 1.29 is 14.7 Å². The number of nitrogens with zero attached hydrogens (tertiary/aromatic N) is 3. The topological polar surface area (TPSA) is 107 Å². The Balaban J connectivity index is 1.58. The highest BCUT2D eigenvalue weighted by Gasteiger charge is 2.49. The molecule has 0 aliphatic carbocycles. The second-order valence-corrected chi connectivity index (χ2v) is 6.88. The fraction of sp³-hybridized carbons (Fsp3) is 0.647. The van der Waals surface area contributed by atoms with Gasteiger partial charge < -0.3 is 14.9 Å². The Morgan fingerprint density at radius 1 is 1.28 bits per heavy atom. The first-order valence-corrected chi connectivity index (χ1v) is 8.77. The molecular formula is C17H24N4O4. The van der Waals surface area contributed by atoms with Crippen LogP contribution in [0.15, 0.2) is 16.9 Å². The number of aliphatic hydroxyl groups is 1. The Morgan fingerprint density at radius 3 is 2.84 bits per heavy atom. The summed E-state index contributed by atoms with van der Waals surface area (Å²) in [5.74, 6) is 0.0855. The number of hydrogen-bond donors (Lipinski definition) is 2. The number of amides is 2. The highest BCUT2D eigenvalue weighted by Crippen LogP contribution is 2.40. The van der Waals surface area contributed by atoms with Crippen molar-refractivity contribution in [3.05, 3.63) is 28.2 Å². The van der Waals surface area contributed by atoms with Crippen molar-refractivity contribution >= 4 is 11.8 Å². The maximum absolute atomic E-state index is 12.8. The average Bonchev–Trinajstić information content (AvgIpc) is 3.04. The molecule has 2 aliphatic heterocycles. The molecule has 1 atom stereocenters. The molecule has 0 saturated carbocycles. The number of hydrogen-bond acceptors (Lipinski definition) is 5. The smallest absolute Gasteiger partial charge is 0.264 e. The monoisotopic (exact) mass is 348 g/mol. The maximum Gasteiger partial charge on any atom is 0.264 e. The van der Waals surface area contributed by atoms with E-state index < -0.39 is 5.41 Å². The molecule has 0 bridgehead atoms. The minimum Gasteiger partial charge on any atom is -0.395 e. The Hall–Kier alpha value is -2.22. The summed E-state index contributed by atoms with van der Waals surface area (Å²) in [5.41, 5.74) is -0.0659. The molecule has 1 spiro atoms. The molecular weight excluding hydrogens is 324 g/mol. The van der Waals surface area contributed by atoms with E-state index in [9.17, 15) is 14.4 Å². The van der Waals surface area contributed by atoms with E-state index in [0.717, 1.165) is 12.8 Å². The number of aliphatic hydroxyl groups excluding tert-OH is 1. The van der Waals surface area contributed by atoms with E-state index in [2.05, 4.69) is 10.2 Å². The van der Waals surface area contributed by atoms with E-state index >= 15 is 0 Å². The van der Waals surface area contributed by atoms with Crippen molar-refractivity contribution in [2.45, 2.75) is 32.1 Å². The molecule has 3 heterocycles. The third kappa shape index (κ3) is 3.73. The van der Waals surface area contributed by atoms with Crippen molar-refractivity contribution in [3.63, 3.8) is 0 Å². The van der Waals surface area contributed by atoms with Crippen LogP contribution >= 0.6 is 0 Å². The summed E-state index contributed by atoms with van der Waals surface area (Å²) in [5, 5.41) is 15.4. The van der Waals surface area contributed by atoms with E-state index in [1.165, 1.54) is 6.07 Å². The van der Waals surface area contributed by atoms with Crippen molar-refractivity contribution in [1.82, 2.24) is 20.0 Å². The van der Waals surface area contributed by atoms with Gasteiger partial charge in [-0.15, -0.1) is 0 Å². The van der Waals surface area contributed by atoms with Crippen molar-refractivity contribution in [2.75, 3.05) is 32.8 Å². The number of aromatic amines is 1. The molecule has 2 amide bonds. The first-order valence-electron chi connectivity index (χ1n) is 8.77. The molecule has 136 valence electrons. The molecule has 8 nitrogen and oxygen atoms in total. The number of piperidine rings is 1. The number of β-amino-alcohol motifs (C(OH)–C–C–N with tert-alkyl or cyclic N) is 1. The molecule has 1 aromatic rings. The normalized spacial score (nSPS) is 23.5. The molecule has 25 heavy (non-hydrogen) atoms. The van der Waals surface area contributed by atoms with E-state index in [1.807, 2.05) is 0 Å². The van der Waals surface area contributed by atoms with Crippen LogP contribution in [0.1, 0.15) is 31.4 Å². The maximum atomic E-state index is 12.8. The molecule has 2 N–H and O–H groups in total. The lowest BCUT2D eigenvalue weighted by atomic mass is 9.78. The van der Waals surface area contributed by atoms with Crippen molar-refractivity contribution in [1.29, 1.82) is 0 Å². The molecule has 3 rings (SSSR count). The summed E-state index contributed by atoms with van der Waals surface area (Å²) >= 11 is 0. The van der Waals surface area contributed by atoms with Crippen LogP contribution in [-0.2, 0) is 16.0 Å². The van der Waals surface area contributed by atoms with E-state index in [4.69, 9.17) is 5.11 Å². The standard InChI is InChI=1S/C17H24N4O4/c22-11-10-20-8-1-6-17(16(20)25)7-9-21(12-17)15(24)5-3-13-2-4-14(23)19-18-13/h2,4,22H,1,3,5-12H2,(H,19,23). The SMILES string of the molecule is O=C(CCc1ccc(=O)[nH]n1)N1CCC2(CCCN(CCO)C2=O)C1. The van der Waals surface area contributed by atoms with Crippen molar-refractivity contribution in [2.24, 2.45) is 5.41 Å². The third-order valence-corrected chi connectivity index (χ3v) is 5.23. The highest BCUT2D eigenvalue weighted by molar-refractivity contribution is 5.86. The van der Waals surface area contributed by atoms with Crippen LogP contribution in [-0.4, -0.2) is 69.7 Å². The average molecular weight is 348 g/mol. The number of nitrogens with one attached hydrogen (secondary N) is 1. The van der Waals surface area contributed by atoms with Gasteiger partial charge in [-0.1, -0.05) is 0 Å². The van der Waals surface area contributed by atoms with Gasteiger partial charge in [0.05, 0.1) is 17.7 Å². The molecule has 0 radical (unpaired) electrons. The lowest BCUT2D eigenvalue weighted by Crippen LogP contribution is -2.51. The largest absolute Gasteiger partial charge is 0.395 e. The number of aromatic nitrogens is 2. The van der Waals surface area contributed by atoms with Gasteiger partial charge in [-0.05, 0) is 25.3 Å². The number of carbonyl (C=O) groups is 2. The summed E-state index contributed by atoms with van der Waals surface area (Å²) in [6, 6.07) is 3.02. The predicted molar refractivity (Wildman–Crippen MR) is 89.7 cm³/mol.